The zero-order chi connectivity index (χ0) is 14.9. The van der Waals surface area contributed by atoms with Crippen LogP contribution in [0, 0.1) is 20.8 Å². The topological polar surface area (TPSA) is 26.3 Å². The van der Waals surface area contributed by atoms with Gasteiger partial charge < -0.3 is 4.74 Å². The Kier molecular flexibility index (Phi) is 4.15. The Morgan fingerprint density at radius 2 is 1.60 bits per heavy atom. The number of ether oxygens (including phenoxy) is 1. The maximum Gasteiger partial charge on any atom is 0.193 e. The monoisotopic (exact) mass is 288 g/mol. The van der Waals surface area contributed by atoms with Crippen LogP contribution in [0.3, 0.4) is 0 Å². The fraction of sp³-hybridized carbons (Fsp3) is 0.235. The quantitative estimate of drug-likeness (QED) is 0.777. The van der Waals surface area contributed by atoms with Gasteiger partial charge in [-0.2, -0.15) is 0 Å². The first-order valence-corrected chi connectivity index (χ1v) is 6.78. The number of carbonyl (C=O) groups excluding carboxylic acids is 1. The number of rotatable bonds is 3. The van der Waals surface area contributed by atoms with Gasteiger partial charge >= 0.3 is 0 Å². The maximum absolute atomic E-state index is 12.6. The van der Waals surface area contributed by atoms with Crippen molar-refractivity contribution in [2.24, 2.45) is 0 Å². The van der Waals surface area contributed by atoms with Crippen LogP contribution in [0.1, 0.15) is 32.6 Å². The van der Waals surface area contributed by atoms with Crippen molar-refractivity contribution < 1.29 is 9.53 Å². The lowest BCUT2D eigenvalue weighted by Crippen LogP contribution is -2.05. The summed E-state index contributed by atoms with van der Waals surface area (Å²) >= 11 is 5.93. The molecule has 2 aromatic carbocycles. The third kappa shape index (κ3) is 2.70. The molecule has 0 saturated carbocycles. The van der Waals surface area contributed by atoms with Gasteiger partial charge in [-0.3, -0.25) is 4.79 Å². The first-order valence-electron chi connectivity index (χ1n) is 6.40. The van der Waals surface area contributed by atoms with Crippen LogP contribution in [0.25, 0.3) is 0 Å². The molecule has 2 aromatic rings. The van der Waals surface area contributed by atoms with Crippen LogP contribution in [0.2, 0.25) is 5.02 Å². The van der Waals surface area contributed by atoms with Crippen molar-refractivity contribution in [3.63, 3.8) is 0 Å². The molecular weight excluding hydrogens is 272 g/mol. The second-order valence-electron chi connectivity index (χ2n) is 4.93. The van der Waals surface area contributed by atoms with E-state index in [1.807, 2.05) is 32.9 Å². The lowest BCUT2D eigenvalue weighted by molar-refractivity contribution is 0.103. The predicted molar refractivity (Wildman–Crippen MR) is 82.1 cm³/mol. The van der Waals surface area contributed by atoms with Crippen LogP contribution < -0.4 is 4.74 Å². The van der Waals surface area contributed by atoms with E-state index in [-0.39, 0.29) is 5.78 Å². The van der Waals surface area contributed by atoms with Gasteiger partial charge in [0.1, 0.15) is 5.75 Å². The number of methoxy groups -OCH3 is 1. The minimum Gasteiger partial charge on any atom is -0.496 e. The van der Waals surface area contributed by atoms with Crippen molar-refractivity contribution in [1.29, 1.82) is 0 Å². The molecule has 0 aliphatic carbocycles. The molecule has 2 rings (SSSR count). The van der Waals surface area contributed by atoms with Crippen molar-refractivity contribution in [3.8, 4) is 5.75 Å². The summed E-state index contributed by atoms with van der Waals surface area (Å²) in [5.41, 5.74) is 4.16. The summed E-state index contributed by atoms with van der Waals surface area (Å²) in [6.45, 7) is 5.77. The average Bonchev–Trinajstić information content (AvgIpc) is 2.37. The van der Waals surface area contributed by atoms with E-state index in [2.05, 4.69) is 0 Å². The van der Waals surface area contributed by atoms with Crippen LogP contribution in [-0.4, -0.2) is 12.9 Å². The van der Waals surface area contributed by atoms with Crippen molar-refractivity contribution in [2.75, 3.05) is 7.11 Å². The van der Waals surface area contributed by atoms with E-state index in [0.29, 0.717) is 16.1 Å². The number of carbonyl (C=O) groups is 1. The van der Waals surface area contributed by atoms with Gasteiger partial charge in [-0.1, -0.05) is 11.6 Å². The van der Waals surface area contributed by atoms with E-state index in [1.54, 1.807) is 25.3 Å². The molecule has 0 bridgehead atoms. The van der Waals surface area contributed by atoms with Gasteiger partial charge in [0.15, 0.2) is 5.78 Å². The highest BCUT2D eigenvalue weighted by Gasteiger charge is 2.15. The normalized spacial score (nSPS) is 10.4. The molecule has 0 N–H and O–H groups in total. The third-order valence-corrected chi connectivity index (χ3v) is 3.59. The first-order chi connectivity index (χ1) is 9.43. The smallest absolute Gasteiger partial charge is 0.193 e. The number of hydrogen-bond donors (Lipinski definition) is 0. The van der Waals surface area contributed by atoms with Crippen LogP contribution >= 0.6 is 11.6 Å². The molecule has 20 heavy (non-hydrogen) atoms. The zero-order valence-corrected chi connectivity index (χ0v) is 12.8. The third-order valence-electron chi connectivity index (χ3n) is 3.36. The van der Waals surface area contributed by atoms with Gasteiger partial charge in [0.05, 0.1) is 7.11 Å². The number of benzene rings is 2. The molecule has 104 valence electrons. The highest BCUT2D eigenvalue weighted by Crippen LogP contribution is 2.26. The predicted octanol–water partition coefficient (Wildman–Crippen LogP) is 4.50. The zero-order valence-electron chi connectivity index (χ0n) is 12.1. The van der Waals surface area contributed by atoms with Crippen LogP contribution in [0.4, 0.5) is 0 Å². The van der Waals surface area contributed by atoms with Crippen molar-refractivity contribution in [3.05, 3.63) is 63.2 Å². The molecule has 0 spiro atoms. The van der Waals surface area contributed by atoms with Crippen molar-refractivity contribution >= 4 is 17.4 Å². The van der Waals surface area contributed by atoms with E-state index in [4.69, 9.17) is 16.3 Å². The largest absolute Gasteiger partial charge is 0.496 e. The summed E-state index contributed by atoms with van der Waals surface area (Å²) in [6, 6.07) is 9.04. The Morgan fingerprint density at radius 1 is 1.00 bits per heavy atom. The fourth-order valence-electron chi connectivity index (χ4n) is 2.44. The number of halogens is 1. The molecule has 0 atom stereocenters. The summed E-state index contributed by atoms with van der Waals surface area (Å²) < 4.78 is 5.33. The summed E-state index contributed by atoms with van der Waals surface area (Å²) in [5.74, 6) is 0.836. The molecule has 0 heterocycles. The van der Waals surface area contributed by atoms with Gasteiger partial charge in [-0.15, -0.1) is 0 Å². The summed E-state index contributed by atoms with van der Waals surface area (Å²) in [6.07, 6.45) is 0. The first kappa shape index (κ1) is 14.6. The molecule has 2 nitrogen and oxygen atoms in total. The summed E-state index contributed by atoms with van der Waals surface area (Å²) in [7, 11) is 1.64. The summed E-state index contributed by atoms with van der Waals surface area (Å²) in [5, 5.41) is 0.640. The Balaban J connectivity index is 2.49. The molecule has 0 aliphatic rings. The molecule has 0 aliphatic heterocycles. The highest BCUT2D eigenvalue weighted by molar-refractivity contribution is 6.30. The Hall–Kier alpha value is -1.80. The molecule has 0 aromatic heterocycles. The number of aryl methyl sites for hydroxylation is 3. The molecule has 0 amide bonds. The Labute approximate surface area is 124 Å². The minimum atomic E-state index is 0.00743. The lowest BCUT2D eigenvalue weighted by Gasteiger charge is -2.12. The van der Waals surface area contributed by atoms with Gasteiger partial charge in [0.2, 0.25) is 0 Å². The average molecular weight is 289 g/mol. The minimum absolute atomic E-state index is 0.00743. The highest BCUT2D eigenvalue weighted by atomic mass is 35.5. The van der Waals surface area contributed by atoms with E-state index in [0.717, 1.165) is 22.4 Å². The SMILES string of the molecule is COc1c(C)cc(C(=O)c2ccc(Cl)cc2C)cc1C. The van der Waals surface area contributed by atoms with Crippen molar-refractivity contribution in [1.82, 2.24) is 0 Å². The second kappa shape index (κ2) is 5.68. The molecule has 3 heteroatoms. The van der Waals surface area contributed by atoms with E-state index < -0.39 is 0 Å². The molecular formula is C17H17ClO2. The van der Waals surface area contributed by atoms with E-state index in [9.17, 15) is 4.79 Å². The standard InChI is InChI=1S/C17H17ClO2/c1-10-9-14(18)5-6-15(10)16(19)13-7-11(2)17(20-4)12(3)8-13/h5-9H,1-4H3. The molecule has 0 unspecified atom stereocenters. The lowest BCUT2D eigenvalue weighted by atomic mass is 9.96. The number of ketones is 1. The van der Waals surface area contributed by atoms with E-state index >= 15 is 0 Å². The molecule has 0 radical (unpaired) electrons. The van der Waals surface area contributed by atoms with Crippen molar-refractivity contribution in [2.45, 2.75) is 20.8 Å². The summed E-state index contributed by atoms with van der Waals surface area (Å²) in [4.78, 5) is 12.6. The van der Waals surface area contributed by atoms with Gasteiger partial charge in [0.25, 0.3) is 0 Å². The van der Waals surface area contributed by atoms with Gasteiger partial charge in [-0.05, 0) is 67.8 Å². The van der Waals surface area contributed by atoms with Gasteiger partial charge in [0, 0.05) is 16.1 Å². The fourth-order valence-corrected chi connectivity index (χ4v) is 2.67. The second-order valence-corrected chi connectivity index (χ2v) is 5.37. The van der Waals surface area contributed by atoms with Crippen LogP contribution in [0.5, 0.6) is 5.75 Å². The Morgan fingerprint density at radius 3 is 2.10 bits per heavy atom. The van der Waals surface area contributed by atoms with Gasteiger partial charge in [-0.25, -0.2) is 0 Å². The van der Waals surface area contributed by atoms with Crippen LogP contribution in [-0.2, 0) is 0 Å². The van der Waals surface area contributed by atoms with E-state index in [1.165, 1.54) is 0 Å². The van der Waals surface area contributed by atoms with Crippen LogP contribution in [0.15, 0.2) is 30.3 Å². The molecule has 0 fully saturated rings. The Bertz CT molecular complexity index is 652. The maximum atomic E-state index is 12.6. The molecule has 0 saturated heterocycles. The number of hydrogen-bond acceptors (Lipinski definition) is 2.